The highest BCUT2D eigenvalue weighted by molar-refractivity contribution is 5.93. The molecular weight excluding hydrogens is 268 g/mol. The fourth-order valence-electron chi connectivity index (χ4n) is 2.77. The summed E-state index contributed by atoms with van der Waals surface area (Å²) < 4.78 is 5.48. The lowest BCUT2D eigenvalue weighted by Crippen LogP contribution is -2.62. The van der Waals surface area contributed by atoms with Gasteiger partial charge in [0.15, 0.2) is 0 Å². The van der Waals surface area contributed by atoms with Gasteiger partial charge in [0, 0.05) is 13.1 Å². The second-order valence-electron chi connectivity index (χ2n) is 5.60. The fourth-order valence-corrected chi connectivity index (χ4v) is 2.77. The number of anilines is 1. The van der Waals surface area contributed by atoms with Crippen molar-refractivity contribution >= 4 is 11.6 Å². The maximum Gasteiger partial charge on any atom is 0.238 e. The second kappa shape index (κ2) is 6.91. The normalized spacial score (nSPS) is 17.1. The average molecular weight is 292 g/mol. The van der Waals surface area contributed by atoms with Crippen molar-refractivity contribution in [3.05, 3.63) is 24.3 Å². The van der Waals surface area contributed by atoms with Crippen molar-refractivity contribution in [1.82, 2.24) is 4.90 Å². The Morgan fingerprint density at radius 1 is 1.38 bits per heavy atom. The third-order valence-electron chi connectivity index (χ3n) is 3.58. The van der Waals surface area contributed by atoms with E-state index >= 15 is 0 Å². The van der Waals surface area contributed by atoms with Crippen molar-refractivity contribution in [1.29, 1.82) is 0 Å². The van der Waals surface area contributed by atoms with Crippen LogP contribution in [0.1, 0.15) is 26.7 Å². The van der Waals surface area contributed by atoms with Gasteiger partial charge in [-0.3, -0.25) is 9.69 Å². The van der Waals surface area contributed by atoms with E-state index in [4.69, 9.17) is 4.74 Å². The molecule has 1 saturated heterocycles. The Morgan fingerprint density at radius 3 is 2.76 bits per heavy atom. The molecule has 1 aliphatic rings. The summed E-state index contributed by atoms with van der Waals surface area (Å²) in [7, 11) is 0. The number of benzene rings is 1. The third kappa shape index (κ3) is 4.19. The van der Waals surface area contributed by atoms with Crippen molar-refractivity contribution < 1.29 is 14.6 Å². The monoisotopic (exact) mass is 292 g/mol. The van der Waals surface area contributed by atoms with Crippen LogP contribution in [0.5, 0.6) is 5.75 Å². The van der Waals surface area contributed by atoms with Crippen molar-refractivity contribution in [3.63, 3.8) is 0 Å². The molecule has 0 aliphatic carbocycles. The standard InChI is InChI=1S/C16H24N2O3/c1-3-9-16(20)11-18(12-16)10-15(19)17-13-7-5-6-8-14(13)21-4-2/h5-8,20H,3-4,9-12H2,1-2H3,(H,17,19). The highest BCUT2D eigenvalue weighted by atomic mass is 16.5. The number of β-amino-alcohol motifs (C(OH)–C–C–N with tert-alkyl or cyclic N) is 1. The first-order chi connectivity index (χ1) is 10.1. The first kappa shape index (κ1) is 15.8. The number of ether oxygens (including phenoxy) is 1. The molecule has 1 fully saturated rings. The van der Waals surface area contributed by atoms with Crippen LogP contribution in [0.4, 0.5) is 5.69 Å². The van der Waals surface area contributed by atoms with E-state index in [9.17, 15) is 9.90 Å². The number of para-hydroxylation sites is 2. The molecule has 0 aromatic heterocycles. The van der Waals surface area contributed by atoms with Gasteiger partial charge in [0.25, 0.3) is 0 Å². The summed E-state index contributed by atoms with van der Waals surface area (Å²) >= 11 is 0. The zero-order valence-electron chi connectivity index (χ0n) is 12.8. The summed E-state index contributed by atoms with van der Waals surface area (Å²) in [5.74, 6) is 0.597. The zero-order valence-corrected chi connectivity index (χ0v) is 12.8. The SMILES string of the molecule is CCCC1(O)CN(CC(=O)Nc2ccccc2OCC)C1. The Labute approximate surface area is 125 Å². The minimum absolute atomic E-state index is 0.0827. The maximum absolute atomic E-state index is 12.1. The van der Waals surface area contributed by atoms with Gasteiger partial charge in [-0.1, -0.05) is 25.5 Å². The predicted octanol–water partition coefficient (Wildman–Crippen LogP) is 1.87. The van der Waals surface area contributed by atoms with Crippen molar-refractivity contribution in [2.24, 2.45) is 0 Å². The summed E-state index contributed by atoms with van der Waals surface area (Å²) in [5, 5.41) is 13.0. The van der Waals surface area contributed by atoms with Gasteiger partial charge in [-0.2, -0.15) is 0 Å². The molecule has 1 aliphatic heterocycles. The predicted molar refractivity (Wildman–Crippen MR) is 82.5 cm³/mol. The number of nitrogens with one attached hydrogen (secondary N) is 1. The van der Waals surface area contributed by atoms with Crippen LogP contribution in [-0.4, -0.2) is 47.8 Å². The summed E-state index contributed by atoms with van der Waals surface area (Å²) in [6.45, 7) is 5.96. The van der Waals surface area contributed by atoms with E-state index in [0.717, 1.165) is 12.8 Å². The zero-order chi connectivity index (χ0) is 15.3. The maximum atomic E-state index is 12.1. The van der Waals surface area contributed by atoms with Crippen LogP contribution in [0.3, 0.4) is 0 Å². The minimum atomic E-state index is -0.599. The van der Waals surface area contributed by atoms with Gasteiger partial charge in [0.1, 0.15) is 5.75 Å². The van der Waals surface area contributed by atoms with Crippen LogP contribution in [0, 0.1) is 0 Å². The van der Waals surface area contributed by atoms with Gasteiger partial charge in [-0.25, -0.2) is 0 Å². The molecular formula is C16H24N2O3. The molecule has 1 aromatic rings. The highest BCUT2D eigenvalue weighted by Crippen LogP contribution is 2.26. The first-order valence-corrected chi connectivity index (χ1v) is 7.52. The van der Waals surface area contributed by atoms with E-state index in [1.165, 1.54) is 0 Å². The molecule has 5 nitrogen and oxygen atoms in total. The fraction of sp³-hybridized carbons (Fsp3) is 0.562. The second-order valence-corrected chi connectivity index (χ2v) is 5.60. The lowest BCUT2D eigenvalue weighted by atomic mass is 9.89. The quantitative estimate of drug-likeness (QED) is 0.805. The average Bonchev–Trinajstić information content (AvgIpc) is 2.40. The van der Waals surface area contributed by atoms with Crippen LogP contribution in [0.15, 0.2) is 24.3 Å². The number of hydrogen-bond acceptors (Lipinski definition) is 4. The van der Waals surface area contributed by atoms with Crippen LogP contribution in [-0.2, 0) is 4.79 Å². The Bertz CT molecular complexity index is 484. The Balaban J connectivity index is 1.83. The first-order valence-electron chi connectivity index (χ1n) is 7.52. The molecule has 116 valence electrons. The molecule has 1 heterocycles. The lowest BCUT2D eigenvalue weighted by molar-refractivity contribution is -0.129. The Hall–Kier alpha value is -1.59. The Kier molecular flexibility index (Phi) is 5.20. The van der Waals surface area contributed by atoms with Crippen LogP contribution < -0.4 is 10.1 Å². The number of aliphatic hydroxyl groups is 1. The smallest absolute Gasteiger partial charge is 0.238 e. The number of hydrogen-bond donors (Lipinski definition) is 2. The molecule has 2 N–H and O–H groups in total. The molecule has 0 radical (unpaired) electrons. The van der Waals surface area contributed by atoms with E-state index < -0.39 is 5.60 Å². The number of likely N-dealkylation sites (tertiary alicyclic amines) is 1. The van der Waals surface area contributed by atoms with Crippen LogP contribution in [0.2, 0.25) is 0 Å². The van der Waals surface area contributed by atoms with Gasteiger partial charge in [-0.15, -0.1) is 0 Å². The van der Waals surface area contributed by atoms with Crippen LogP contribution >= 0.6 is 0 Å². The summed E-state index contributed by atoms with van der Waals surface area (Å²) in [6.07, 6.45) is 1.75. The molecule has 0 spiro atoms. The van der Waals surface area contributed by atoms with Gasteiger partial charge in [0.2, 0.25) is 5.91 Å². The molecule has 5 heteroatoms. The summed E-state index contributed by atoms with van der Waals surface area (Å²) in [5.41, 5.74) is 0.0897. The van der Waals surface area contributed by atoms with Gasteiger partial charge in [-0.05, 0) is 25.5 Å². The molecule has 21 heavy (non-hydrogen) atoms. The van der Waals surface area contributed by atoms with Gasteiger partial charge in [0.05, 0.1) is 24.4 Å². The van der Waals surface area contributed by atoms with E-state index in [0.29, 0.717) is 37.7 Å². The topological polar surface area (TPSA) is 61.8 Å². The molecule has 0 bridgehead atoms. The summed E-state index contributed by atoms with van der Waals surface area (Å²) in [4.78, 5) is 14.0. The van der Waals surface area contributed by atoms with Crippen molar-refractivity contribution in [3.8, 4) is 5.75 Å². The number of rotatable bonds is 7. The molecule has 0 saturated carbocycles. The Morgan fingerprint density at radius 2 is 2.10 bits per heavy atom. The van der Waals surface area contributed by atoms with E-state index in [1.54, 1.807) is 0 Å². The van der Waals surface area contributed by atoms with E-state index in [1.807, 2.05) is 36.1 Å². The third-order valence-corrected chi connectivity index (χ3v) is 3.58. The number of amides is 1. The van der Waals surface area contributed by atoms with Gasteiger partial charge >= 0.3 is 0 Å². The number of carbonyl (C=O) groups excluding carboxylic acids is 1. The molecule has 1 amide bonds. The number of nitrogens with zero attached hydrogens (tertiary/aromatic N) is 1. The van der Waals surface area contributed by atoms with E-state index in [2.05, 4.69) is 12.2 Å². The van der Waals surface area contributed by atoms with Crippen molar-refractivity contribution in [2.75, 3.05) is 31.6 Å². The van der Waals surface area contributed by atoms with Crippen molar-refractivity contribution in [2.45, 2.75) is 32.3 Å². The van der Waals surface area contributed by atoms with Crippen LogP contribution in [0.25, 0.3) is 0 Å². The highest BCUT2D eigenvalue weighted by Gasteiger charge is 2.40. The molecule has 1 aromatic carbocycles. The van der Waals surface area contributed by atoms with E-state index in [-0.39, 0.29) is 5.91 Å². The lowest BCUT2D eigenvalue weighted by Gasteiger charge is -2.46. The largest absolute Gasteiger partial charge is 0.492 e. The van der Waals surface area contributed by atoms with Gasteiger partial charge < -0.3 is 15.2 Å². The number of carbonyl (C=O) groups is 1. The molecule has 0 atom stereocenters. The molecule has 0 unspecified atom stereocenters. The summed E-state index contributed by atoms with van der Waals surface area (Å²) in [6, 6.07) is 7.40. The minimum Gasteiger partial charge on any atom is -0.492 e. The molecule has 2 rings (SSSR count).